The van der Waals surface area contributed by atoms with Crippen LogP contribution in [0.15, 0.2) is 48.5 Å². The van der Waals surface area contributed by atoms with E-state index in [-0.39, 0.29) is 5.41 Å². The Morgan fingerprint density at radius 3 is 1.59 bits per heavy atom. The van der Waals surface area contributed by atoms with E-state index in [2.05, 4.69) is 48.5 Å². The molecule has 0 amide bonds. The first kappa shape index (κ1) is 21.5. The summed E-state index contributed by atoms with van der Waals surface area (Å²) in [5.41, 5.74) is 14.5. The number of hydrogen-bond donors (Lipinski definition) is 0. The molecule has 1 heteroatoms. The molecule has 1 spiro atoms. The summed E-state index contributed by atoms with van der Waals surface area (Å²) in [4.78, 5) is 0. The first-order valence-corrected chi connectivity index (χ1v) is 18.4. The predicted octanol–water partition coefficient (Wildman–Crippen LogP) is 11.4. The zero-order valence-electron chi connectivity index (χ0n) is 26.6. The molecule has 13 aromatic rings. The van der Waals surface area contributed by atoms with Gasteiger partial charge in [0.25, 0.3) is 0 Å². The van der Waals surface area contributed by atoms with Crippen LogP contribution in [0.4, 0.5) is 0 Å². The fraction of sp³-hybridized carbons (Fsp3) is 0.167. The van der Waals surface area contributed by atoms with Crippen molar-refractivity contribution in [3.8, 4) is 5.75 Å². The molecule has 1 nitrogen and oxygen atoms in total. The van der Waals surface area contributed by atoms with E-state index in [1.807, 2.05) is 7.11 Å². The summed E-state index contributed by atoms with van der Waals surface area (Å²) in [5.74, 6) is 1.47. The third-order valence-corrected chi connectivity index (χ3v) is 16.0. The van der Waals surface area contributed by atoms with Gasteiger partial charge >= 0.3 is 0 Å². The lowest BCUT2D eigenvalue weighted by molar-refractivity contribution is 0.326. The lowest BCUT2D eigenvalue weighted by atomic mass is 9.56. The average Bonchev–Trinajstić information content (AvgIpc) is 3.93. The van der Waals surface area contributed by atoms with Crippen molar-refractivity contribution >= 4 is 118 Å². The molecular weight excluding hydrogens is 593 g/mol. The third-order valence-electron chi connectivity index (χ3n) is 16.0. The van der Waals surface area contributed by atoms with Gasteiger partial charge in [-0.2, -0.15) is 0 Å². The van der Waals surface area contributed by atoms with E-state index in [1.54, 1.807) is 147 Å². The smallest absolute Gasteiger partial charge is 0.119 e. The van der Waals surface area contributed by atoms with Gasteiger partial charge in [0.1, 0.15) is 5.75 Å². The van der Waals surface area contributed by atoms with E-state index in [9.17, 15) is 0 Å². The van der Waals surface area contributed by atoms with Crippen molar-refractivity contribution in [2.45, 2.75) is 43.4 Å². The Balaban J connectivity index is 1.25. The maximum Gasteiger partial charge on any atom is 0.119 e. The molecule has 5 aliphatic carbocycles. The van der Waals surface area contributed by atoms with Crippen molar-refractivity contribution in [2.24, 2.45) is 0 Å². The highest BCUT2D eigenvalue weighted by molar-refractivity contribution is 6.65. The molecule has 0 fully saturated rings. The minimum atomic E-state index is 0.0887. The molecule has 2 atom stereocenters. The fourth-order valence-corrected chi connectivity index (χ4v) is 15.0. The molecule has 5 aliphatic rings. The van der Waals surface area contributed by atoms with Gasteiger partial charge in [0.05, 0.1) is 7.11 Å². The van der Waals surface area contributed by atoms with Crippen LogP contribution in [-0.4, -0.2) is 7.11 Å². The summed E-state index contributed by atoms with van der Waals surface area (Å²) in [6, 6.07) is 20.3. The molecule has 0 heterocycles. The van der Waals surface area contributed by atoms with Crippen LogP contribution in [0.3, 0.4) is 0 Å². The second kappa shape index (κ2) is 5.71. The highest BCUT2D eigenvalue weighted by Gasteiger charge is 2.55. The van der Waals surface area contributed by atoms with Gasteiger partial charge < -0.3 is 4.74 Å². The van der Waals surface area contributed by atoms with Crippen molar-refractivity contribution in [2.75, 3.05) is 7.11 Å². The maximum absolute atomic E-state index is 5.81. The second-order valence-electron chi connectivity index (χ2n) is 17.3. The Morgan fingerprint density at radius 2 is 0.959 bits per heavy atom. The van der Waals surface area contributed by atoms with Crippen molar-refractivity contribution in [1.82, 2.24) is 0 Å². The molecule has 0 saturated carbocycles. The van der Waals surface area contributed by atoms with Crippen LogP contribution < -0.4 is 4.74 Å². The van der Waals surface area contributed by atoms with Gasteiger partial charge in [-0.1, -0.05) is 36.4 Å². The molecule has 2 unspecified atom stereocenters. The van der Waals surface area contributed by atoms with Crippen molar-refractivity contribution in [1.29, 1.82) is 0 Å². The quantitative estimate of drug-likeness (QED) is 0.167. The summed E-state index contributed by atoms with van der Waals surface area (Å²) < 4.78 is 5.81. The zero-order chi connectivity index (χ0) is 30.5. The van der Waals surface area contributed by atoms with E-state index in [0.717, 1.165) is 37.9 Å². The topological polar surface area (TPSA) is 9.23 Å². The maximum atomic E-state index is 5.81. The third kappa shape index (κ3) is 1.63. The SMILES string of the molecule is COc1ccc2c(c1)CC1c3cc4c5c6c(cc7cc8c9c%10c(cc%11cc%12c%13c(c%14c3c5c3c%14c5c%13c%11c%10c5c5c9c7c6c35)C1(C2)C%12)C8)C4. The minimum absolute atomic E-state index is 0.0887. The van der Waals surface area contributed by atoms with E-state index in [4.69, 9.17) is 4.74 Å². The van der Waals surface area contributed by atoms with E-state index >= 15 is 0 Å². The van der Waals surface area contributed by atoms with Gasteiger partial charge in [-0.05, 0) is 219 Å². The van der Waals surface area contributed by atoms with Gasteiger partial charge in [-0.3, -0.25) is 0 Å². The molecule has 0 saturated heterocycles. The molecular formula is C48H22O. The number of rotatable bonds is 1. The summed E-state index contributed by atoms with van der Waals surface area (Å²) in [6.45, 7) is 0. The number of methoxy groups -OCH3 is 1. The van der Waals surface area contributed by atoms with Crippen LogP contribution in [0.2, 0.25) is 0 Å². The van der Waals surface area contributed by atoms with Crippen LogP contribution in [-0.2, 0) is 37.5 Å². The zero-order valence-corrected chi connectivity index (χ0v) is 26.6. The van der Waals surface area contributed by atoms with E-state index in [1.165, 1.54) is 21.9 Å². The normalized spacial score (nSPS) is 21.9. The molecule has 0 aromatic heterocycles. The number of fused-ring (bicyclic) bond motifs is 2. The van der Waals surface area contributed by atoms with Gasteiger partial charge in [0.15, 0.2) is 0 Å². The van der Waals surface area contributed by atoms with Crippen LogP contribution in [0.25, 0.3) is 118 Å². The van der Waals surface area contributed by atoms with Gasteiger partial charge in [-0.25, -0.2) is 0 Å². The van der Waals surface area contributed by atoms with E-state index in [0.29, 0.717) is 5.92 Å². The lowest BCUT2D eigenvalue weighted by Crippen LogP contribution is -2.42. The Kier molecular flexibility index (Phi) is 2.51. The molecule has 18 rings (SSSR count). The van der Waals surface area contributed by atoms with Crippen LogP contribution >= 0.6 is 0 Å². The lowest BCUT2D eigenvalue weighted by Gasteiger charge is -2.47. The Labute approximate surface area is 277 Å². The summed E-state index contributed by atoms with van der Waals surface area (Å²) >= 11 is 0. The summed E-state index contributed by atoms with van der Waals surface area (Å²) in [6.07, 6.45) is 5.53. The molecule has 0 aliphatic heterocycles. The van der Waals surface area contributed by atoms with Gasteiger partial charge in [-0.15, -0.1) is 0 Å². The molecule has 0 radical (unpaired) electrons. The first-order chi connectivity index (χ1) is 24.2. The van der Waals surface area contributed by atoms with Crippen LogP contribution in [0.1, 0.15) is 56.0 Å². The molecule has 0 bridgehead atoms. The Hall–Kier alpha value is -5.40. The number of benzene rings is 10. The van der Waals surface area contributed by atoms with E-state index < -0.39 is 0 Å². The Morgan fingerprint density at radius 1 is 0.449 bits per heavy atom. The average molecular weight is 615 g/mol. The monoisotopic (exact) mass is 614 g/mol. The first-order valence-electron chi connectivity index (χ1n) is 18.4. The van der Waals surface area contributed by atoms with Gasteiger partial charge in [0, 0.05) is 5.41 Å². The highest BCUT2D eigenvalue weighted by atomic mass is 16.5. The largest absolute Gasteiger partial charge is 0.497 e. The summed E-state index contributed by atoms with van der Waals surface area (Å²) in [7, 11) is 1.82. The van der Waals surface area contributed by atoms with Crippen molar-refractivity contribution in [3.05, 3.63) is 98.6 Å². The predicted molar refractivity (Wildman–Crippen MR) is 203 cm³/mol. The van der Waals surface area contributed by atoms with Crippen LogP contribution in [0, 0.1) is 0 Å². The number of ether oxygens (including phenoxy) is 1. The standard InChI is InChI=1S/C48H22O/c1-49-24-3-2-15-13-48-14-23-9-21-7-18-4-17-5-20-6-19-8-22-11-25(26(48)12-16(15)10-24)34-39-30(22)29(19)36-31(20)35-27(17)28(18)37-32(21)38-33(23)47(48)46(34)45-43(38)41(37)40(35)42(36)44(39)45/h2-3,5-7,9-11,26H,4,8,12-14H2,1H3. The molecule has 49 heavy (non-hydrogen) atoms. The van der Waals surface area contributed by atoms with Crippen LogP contribution in [0.5, 0.6) is 5.75 Å². The van der Waals surface area contributed by atoms with Crippen molar-refractivity contribution in [3.63, 3.8) is 0 Å². The molecule has 13 aromatic carbocycles. The highest BCUT2D eigenvalue weighted by Crippen LogP contribution is 2.71. The fourth-order valence-electron chi connectivity index (χ4n) is 15.0. The number of hydrogen-bond acceptors (Lipinski definition) is 1. The Bertz CT molecular complexity index is 3840. The summed E-state index contributed by atoms with van der Waals surface area (Å²) in [5, 5.41) is 35.5. The second-order valence-corrected chi connectivity index (χ2v) is 17.3. The minimum Gasteiger partial charge on any atom is -0.497 e. The molecule has 220 valence electrons. The van der Waals surface area contributed by atoms with Crippen molar-refractivity contribution < 1.29 is 4.74 Å². The molecule has 0 N–H and O–H groups in total. The van der Waals surface area contributed by atoms with Gasteiger partial charge in [0.2, 0.25) is 0 Å².